The van der Waals surface area contributed by atoms with Crippen LogP contribution in [0.2, 0.25) is 5.02 Å². The summed E-state index contributed by atoms with van der Waals surface area (Å²) in [6, 6.07) is 11.6. The molecule has 7 heteroatoms. The van der Waals surface area contributed by atoms with Gasteiger partial charge in [-0.1, -0.05) is 29.8 Å². The van der Waals surface area contributed by atoms with Crippen molar-refractivity contribution in [2.75, 3.05) is 40.4 Å². The number of hydrogen-bond acceptors (Lipinski definition) is 4. The fraction of sp³-hybridized carbons (Fsp3) is 0.381. The van der Waals surface area contributed by atoms with Gasteiger partial charge in [0.1, 0.15) is 16.0 Å². The number of piperazine rings is 1. The minimum absolute atomic E-state index is 0.0193. The molecule has 1 heterocycles. The first-order chi connectivity index (χ1) is 13.5. The molecule has 5 nitrogen and oxygen atoms in total. The predicted octanol–water partition coefficient (Wildman–Crippen LogP) is 4.64. The highest BCUT2D eigenvalue weighted by atomic mass is 79.9. The highest BCUT2D eigenvalue weighted by Gasteiger charge is 2.27. The monoisotopic (exact) mass is 466 g/mol. The van der Waals surface area contributed by atoms with E-state index in [2.05, 4.69) is 33.8 Å². The number of carbonyl (C=O) groups excluding carboxylic acids is 1. The first-order valence-corrected chi connectivity index (χ1v) is 10.3. The molecule has 0 bridgehead atoms. The largest absolute Gasteiger partial charge is 0.495 e. The van der Waals surface area contributed by atoms with Crippen LogP contribution in [0.4, 0.5) is 0 Å². The van der Waals surface area contributed by atoms with Crippen LogP contribution in [0.1, 0.15) is 28.9 Å². The molecule has 0 N–H and O–H groups in total. The van der Waals surface area contributed by atoms with Crippen LogP contribution in [-0.2, 0) is 0 Å². The first kappa shape index (κ1) is 21.0. The molecule has 28 heavy (non-hydrogen) atoms. The van der Waals surface area contributed by atoms with Crippen molar-refractivity contribution in [1.82, 2.24) is 9.80 Å². The van der Waals surface area contributed by atoms with Gasteiger partial charge in [-0.15, -0.1) is 0 Å². The van der Waals surface area contributed by atoms with Gasteiger partial charge in [0.25, 0.3) is 5.91 Å². The zero-order valence-electron chi connectivity index (χ0n) is 16.2. The van der Waals surface area contributed by atoms with Gasteiger partial charge in [-0.05, 0) is 46.6 Å². The Hall–Kier alpha value is -1.76. The summed E-state index contributed by atoms with van der Waals surface area (Å²) in [6.07, 6.45) is 0. The van der Waals surface area contributed by atoms with Crippen molar-refractivity contribution in [3.63, 3.8) is 0 Å². The maximum absolute atomic E-state index is 13.0. The Kier molecular flexibility index (Phi) is 6.86. The van der Waals surface area contributed by atoms with Crippen LogP contribution in [0, 0.1) is 0 Å². The lowest BCUT2D eigenvalue weighted by Crippen LogP contribution is -2.49. The molecular weight excluding hydrogens is 444 g/mol. The Labute approximate surface area is 179 Å². The minimum atomic E-state index is -0.0193. The highest BCUT2D eigenvalue weighted by Crippen LogP contribution is 2.36. The van der Waals surface area contributed by atoms with Crippen molar-refractivity contribution in [3.05, 3.63) is 57.0 Å². The number of benzene rings is 2. The minimum Gasteiger partial charge on any atom is -0.495 e. The van der Waals surface area contributed by atoms with Crippen molar-refractivity contribution >= 4 is 33.4 Å². The lowest BCUT2D eigenvalue weighted by atomic mass is 10.1. The summed E-state index contributed by atoms with van der Waals surface area (Å²) in [5.74, 6) is 1.14. The van der Waals surface area contributed by atoms with Gasteiger partial charge in [0.05, 0.1) is 14.2 Å². The van der Waals surface area contributed by atoms with E-state index >= 15 is 0 Å². The summed E-state index contributed by atoms with van der Waals surface area (Å²) in [7, 11) is 3.14. The summed E-state index contributed by atoms with van der Waals surface area (Å²) in [6.45, 7) is 5.07. The second-order valence-corrected chi connectivity index (χ2v) is 7.92. The number of methoxy groups -OCH3 is 2. The van der Waals surface area contributed by atoms with Crippen molar-refractivity contribution in [3.8, 4) is 11.5 Å². The molecule has 1 fully saturated rings. The highest BCUT2D eigenvalue weighted by molar-refractivity contribution is 9.10. The van der Waals surface area contributed by atoms with E-state index < -0.39 is 0 Å². The van der Waals surface area contributed by atoms with E-state index in [-0.39, 0.29) is 11.9 Å². The van der Waals surface area contributed by atoms with E-state index in [1.807, 2.05) is 23.1 Å². The molecule has 2 aromatic rings. The average Bonchev–Trinajstić information content (AvgIpc) is 2.73. The second kappa shape index (κ2) is 9.16. The Morgan fingerprint density at radius 2 is 1.64 bits per heavy atom. The zero-order chi connectivity index (χ0) is 20.3. The van der Waals surface area contributed by atoms with Gasteiger partial charge in [0.15, 0.2) is 0 Å². The van der Waals surface area contributed by atoms with Crippen LogP contribution in [-0.4, -0.2) is 56.1 Å². The molecule has 0 radical (unpaired) electrons. The summed E-state index contributed by atoms with van der Waals surface area (Å²) in [5.41, 5.74) is 1.68. The predicted molar refractivity (Wildman–Crippen MR) is 115 cm³/mol. The van der Waals surface area contributed by atoms with Gasteiger partial charge in [0.2, 0.25) is 0 Å². The third-order valence-electron chi connectivity index (χ3n) is 5.20. The van der Waals surface area contributed by atoms with E-state index in [1.165, 1.54) is 0 Å². The number of nitrogens with zero attached hydrogens (tertiary/aromatic N) is 2. The smallest absolute Gasteiger partial charge is 0.254 e. The molecular formula is C21H24BrClN2O3. The summed E-state index contributed by atoms with van der Waals surface area (Å²) < 4.78 is 11.4. The van der Waals surface area contributed by atoms with Crippen LogP contribution in [0.5, 0.6) is 11.5 Å². The standard InChI is InChI=1S/C21H24BrClN2O3/c1-14(16-6-4-5-7-17(16)23)24-8-10-25(11-9-24)21(26)15-12-18(27-2)20(22)19(13-15)28-3/h4-7,12-14H,8-11H2,1-3H3. The molecule has 150 valence electrons. The molecule has 0 saturated carbocycles. The Bertz CT molecular complexity index is 828. The third kappa shape index (κ3) is 4.29. The van der Waals surface area contributed by atoms with Crippen molar-refractivity contribution < 1.29 is 14.3 Å². The second-order valence-electron chi connectivity index (χ2n) is 6.72. The Morgan fingerprint density at radius 3 is 2.18 bits per heavy atom. The van der Waals surface area contributed by atoms with Crippen molar-refractivity contribution in [1.29, 1.82) is 0 Å². The first-order valence-electron chi connectivity index (χ1n) is 9.15. The number of carbonyl (C=O) groups is 1. The van der Waals surface area contributed by atoms with Crippen LogP contribution in [0.3, 0.4) is 0 Å². The molecule has 0 aliphatic carbocycles. The summed E-state index contributed by atoms with van der Waals surface area (Å²) in [5, 5.41) is 0.780. The van der Waals surface area contributed by atoms with Gasteiger partial charge in [-0.3, -0.25) is 9.69 Å². The van der Waals surface area contributed by atoms with Crippen molar-refractivity contribution in [2.24, 2.45) is 0 Å². The molecule has 1 unspecified atom stereocenters. The number of ether oxygens (including phenoxy) is 2. The SMILES string of the molecule is COc1cc(C(=O)N2CCN(C(C)c3ccccc3Cl)CC2)cc(OC)c1Br. The van der Waals surface area contributed by atoms with Gasteiger partial charge in [-0.2, -0.15) is 0 Å². The molecule has 1 atom stereocenters. The number of hydrogen-bond donors (Lipinski definition) is 0. The Morgan fingerprint density at radius 1 is 1.07 bits per heavy atom. The maximum atomic E-state index is 13.0. The third-order valence-corrected chi connectivity index (χ3v) is 6.32. The normalized spacial score (nSPS) is 16.0. The van der Waals surface area contributed by atoms with E-state index in [0.717, 1.165) is 23.7 Å². The number of rotatable bonds is 5. The van der Waals surface area contributed by atoms with E-state index in [4.69, 9.17) is 21.1 Å². The van der Waals surface area contributed by atoms with Crippen molar-refractivity contribution in [2.45, 2.75) is 13.0 Å². The lowest BCUT2D eigenvalue weighted by Gasteiger charge is -2.38. The zero-order valence-corrected chi connectivity index (χ0v) is 18.6. The fourth-order valence-electron chi connectivity index (χ4n) is 3.50. The maximum Gasteiger partial charge on any atom is 0.254 e. The van der Waals surface area contributed by atoms with Crippen LogP contribution in [0.15, 0.2) is 40.9 Å². The van der Waals surface area contributed by atoms with Gasteiger partial charge in [0, 0.05) is 42.8 Å². The molecule has 2 aromatic carbocycles. The molecule has 1 saturated heterocycles. The van der Waals surface area contributed by atoms with E-state index in [9.17, 15) is 4.79 Å². The quantitative estimate of drug-likeness (QED) is 0.642. The number of amides is 1. The molecule has 1 aliphatic heterocycles. The van der Waals surface area contributed by atoms with Crippen LogP contribution >= 0.6 is 27.5 Å². The molecule has 0 spiro atoms. The lowest BCUT2D eigenvalue weighted by molar-refractivity contribution is 0.0581. The molecule has 1 amide bonds. The summed E-state index contributed by atoms with van der Waals surface area (Å²) >= 11 is 9.79. The van der Waals surface area contributed by atoms with E-state index in [1.54, 1.807) is 26.4 Å². The van der Waals surface area contributed by atoms with Crippen LogP contribution in [0.25, 0.3) is 0 Å². The van der Waals surface area contributed by atoms with Gasteiger partial charge >= 0.3 is 0 Å². The summed E-state index contributed by atoms with van der Waals surface area (Å²) in [4.78, 5) is 17.2. The van der Waals surface area contributed by atoms with E-state index in [0.29, 0.717) is 34.6 Å². The molecule has 0 aromatic heterocycles. The van der Waals surface area contributed by atoms with Crippen LogP contribution < -0.4 is 9.47 Å². The molecule has 1 aliphatic rings. The average molecular weight is 468 g/mol. The topological polar surface area (TPSA) is 42.0 Å². The molecule has 3 rings (SSSR count). The van der Waals surface area contributed by atoms with Gasteiger partial charge < -0.3 is 14.4 Å². The van der Waals surface area contributed by atoms with Gasteiger partial charge in [-0.25, -0.2) is 0 Å². The number of halogens is 2. The fourth-order valence-corrected chi connectivity index (χ4v) is 4.34. The Balaban J connectivity index is 1.70.